The van der Waals surface area contributed by atoms with Crippen molar-refractivity contribution in [3.63, 3.8) is 0 Å². The zero-order valence-corrected chi connectivity index (χ0v) is 11.2. The lowest BCUT2D eigenvalue weighted by molar-refractivity contribution is -0.384. The number of nitriles is 1. The Bertz CT molecular complexity index is 480. The van der Waals surface area contributed by atoms with Crippen LogP contribution in [0.1, 0.15) is 18.4 Å². The van der Waals surface area contributed by atoms with Crippen LogP contribution in [0.2, 0.25) is 0 Å². The van der Waals surface area contributed by atoms with Crippen LogP contribution in [0.15, 0.2) is 18.2 Å². The fourth-order valence-electron chi connectivity index (χ4n) is 1.67. The van der Waals surface area contributed by atoms with E-state index in [9.17, 15) is 10.1 Å². The smallest absolute Gasteiger partial charge is 0.270 e. The molecule has 0 saturated carbocycles. The summed E-state index contributed by atoms with van der Waals surface area (Å²) in [6, 6.07) is 6.26. The minimum Gasteiger partial charge on any atom is -0.384 e. The fourth-order valence-corrected chi connectivity index (χ4v) is 1.67. The second-order valence-corrected chi connectivity index (χ2v) is 4.54. The highest BCUT2D eigenvalue weighted by Crippen LogP contribution is 2.21. The first-order valence-corrected chi connectivity index (χ1v) is 6.11. The molecule has 1 aromatic carbocycles. The van der Waals surface area contributed by atoms with Crippen LogP contribution in [0.5, 0.6) is 0 Å². The molecule has 0 spiro atoms. The van der Waals surface area contributed by atoms with Gasteiger partial charge in [0.1, 0.15) is 6.07 Å². The number of nitro benzene ring substituents is 1. The average molecular weight is 262 g/mol. The van der Waals surface area contributed by atoms with Gasteiger partial charge in [-0.25, -0.2) is 0 Å². The van der Waals surface area contributed by atoms with E-state index in [1.54, 1.807) is 6.07 Å². The molecule has 1 rings (SSSR count). The van der Waals surface area contributed by atoms with E-state index >= 15 is 0 Å². The van der Waals surface area contributed by atoms with Crippen molar-refractivity contribution in [3.8, 4) is 6.07 Å². The van der Waals surface area contributed by atoms with Gasteiger partial charge in [0.15, 0.2) is 0 Å². The second-order valence-electron chi connectivity index (χ2n) is 4.54. The Kier molecular flexibility index (Phi) is 5.76. The van der Waals surface area contributed by atoms with Crippen molar-refractivity contribution in [1.29, 1.82) is 5.26 Å². The lowest BCUT2D eigenvalue weighted by atomic mass is 10.1. The summed E-state index contributed by atoms with van der Waals surface area (Å²) in [5.74, 6) is 0. The van der Waals surface area contributed by atoms with E-state index in [-0.39, 0.29) is 5.69 Å². The molecule has 19 heavy (non-hydrogen) atoms. The molecule has 0 saturated heterocycles. The highest BCUT2D eigenvalue weighted by molar-refractivity contribution is 5.61. The summed E-state index contributed by atoms with van der Waals surface area (Å²) in [6.07, 6.45) is 2.05. The first-order chi connectivity index (χ1) is 9.04. The summed E-state index contributed by atoms with van der Waals surface area (Å²) >= 11 is 0. The Morgan fingerprint density at radius 2 is 2.16 bits per heavy atom. The van der Waals surface area contributed by atoms with Gasteiger partial charge in [-0.3, -0.25) is 10.1 Å². The summed E-state index contributed by atoms with van der Waals surface area (Å²) < 4.78 is 0. The standard InChI is InChI=1S/C13H18N4O2/c1-16(2)8-4-3-7-15-13-6-5-12(17(18)19)9-11(13)10-14/h5-6,9,15H,3-4,7-8H2,1-2H3. The van der Waals surface area contributed by atoms with E-state index in [0.717, 1.165) is 25.9 Å². The van der Waals surface area contributed by atoms with Crippen molar-refractivity contribution in [3.05, 3.63) is 33.9 Å². The monoisotopic (exact) mass is 262 g/mol. The third-order valence-electron chi connectivity index (χ3n) is 2.68. The van der Waals surface area contributed by atoms with Crippen molar-refractivity contribution >= 4 is 11.4 Å². The molecule has 1 N–H and O–H groups in total. The van der Waals surface area contributed by atoms with Gasteiger partial charge in [-0.1, -0.05) is 0 Å². The maximum atomic E-state index is 10.6. The first-order valence-electron chi connectivity index (χ1n) is 6.11. The van der Waals surface area contributed by atoms with Gasteiger partial charge >= 0.3 is 0 Å². The molecule has 102 valence electrons. The normalized spacial score (nSPS) is 10.2. The zero-order chi connectivity index (χ0) is 14.3. The molecule has 0 unspecified atom stereocenters. The minimum absolute atomic E-state index is 0.0605. The molecule has 0 bridgehead atoms. The number of rotatable bonds is 7. The summed E-state index contributed by atoms with van der Waals surface area (Å²) in [5, 5.41) is 22.7. The average Bonchev–Trinajstić information content (AvgIpc) is 2.37. The van der Waals surface area contributed by atoms with Crippen LogP contribution >= 0.6 is 0 Å². The van der Waals surface area contributed by atoms with Gasteiger partial charge in [-0.05, 0) is 39.5 Å². The van der Waals surface area contributed by atoms with E-state index in [1.165, 1.54) is 12.1 Å². The molecule has 6 heteroatoms. The molecule has 0 heterocycles. The first kappa shape index (κ1) is 14.9. The number of non-ortho nitro benzene ring substituents is 1. The fraction of sp³-hybridized carbons (Fsp3) is 0.462. The third-order valence-corrected chi connectivity index (χ3v) is 2.68. The molecule has 0 fully saturated rings. The Morgan fingerprint density at radius 3 is 2.74 bits per heavy atom. The van der Waals surface area contributed by atoms with Crippen LogP contribution in [0.25, 0.3) is 0 Å². The van der Waals surface area contributed by atoms with Gasteiger partial charge in [-0.2, -0.15) is 5.26 Å². The summed E-state index contributed by atoms with van der Waals surface area (Å²) in [7, 11) is 4.05. The highest BCUT2D eigenvalue weighted by Gasteiger charge is 2.09. The number of unbranched alkanes of at least 4 members (excludes halogenated alkanes) is 1. The zero-order valence-electron chi connectivity index (χ0n) is 11.2. The summed E-state index contributed by atoms with van der Waals surface area (Å²) in [5.41, 5.74) is 0.898. The molecular weight excluding hydrogens is 244 g/mol. The maximum Gasteiger partial charge on any atom is 0.270 e. The van der Waals surface area contributed by atoms with E-state index in [4.69, 9.17) is 5.26 Å². The van der Waals surface area contributed by atoms with Gasteiger partial charge in [0.25, 0.3) is 5.69 Å². The van der Waals surface area contributed by atoms with Crippen LogP contribution < -0.4 is 5.32 Å². The Hall–Kier alpha value is -2.13. The number of nitrogens with one attached hydrogen (secondary N) is 1. The summed E-state index contributed by atoms with van der Waals surface area (Å²) in [6.45, 7) is 1.77. The number of nitrogens with zero attached hydrogens (tertiary/aromatic N) is 3. The Balaban J connectivity index is 2.54. The lowest BCUT2D eigenvalue weighted by Crippen LogP contribution is -2.14. The number of anilines is 1. The molecule has 0 amide bonds. The number of benzene rings is 1. The summed E-state index contributed by atoms with van der Waals surface area (Å²) in [4.78, 5) is 12.2. The number of hydrogen-bond donors (Lipinski definition) is 1. The Labute approximate surface area is 112 Å². The molecule has 0 radical (unpaired) electrons. The topological polar surface area (TPSA) is 82.2 Å². The predicted molar refractivity (Wildman–Crippen MR) is 74.1 cm³/mol. The van der Waals surface area contributed by atoms with Crippen LogP contribution in [-0.2, 0) is 0 Å². The van der Waals surface area contributed by atoms with Crippen molar-refractivity contribution in [2.75, 3.05) is 32.5 Å². The molecule has 0 aromatic heterocycles. The van der Waals surface area contributed by atoms with Crippen molar-refractivity contribution in [2.24, 2.45) is 0 Å². The van der Waals surface area contributed by atoms with Crippen molar-refractivity contribution in [1.82, 2.24) is 4.90 Å². The van der Waals surface area contributed by atoms with Gasteiger partial charge in [0.2, 0.25) is 0 Å². The molecule has 0 aliphatic rings. The van der Waals surface area contributed by atoms with Crippen LogP contribution in [-0.4, -0.2) is 37.0 Å². The van der Waals surface area contributed by atoms with E-state index in [1.807, 2.05) is 20.2 Å². The van der Waals surface area contributed by atoms with Crippen LogP contribution in [0.4, 0.5) is 11.4 Å². The van der Waals surface area contributed by atoms with Gasteiger partial charge in [-0.15, -0.1) is 0 Å². The van der Waals surface area contributed by atoms with Gasteiger partial charge in [0, 0.05) is 18.7 Å². The number of hydrogen-bond acceptors (Lipinski definition) is 5. The van der Waals surface area contributed by atoms with Crippen molar-refractivity contribution < 1.29 is 4.92 Å². The molecule has 1 aromatic rings. The second kappa shape index (κ2) is 7.34. The third kappa shape index (κ3) is 4.94. The van der Waals surface area contributed by atoms with Gasteiger partial charge < -0.3 is 10.2 Å². The van der Waals surface area contributed by atoms with Crippen LogP contribution in [0, 0.1) is 21.4 Å². The molecule has 6 nitrogen and oxygen atoms in total. The van der Waals surface area contributed by atoms with Crippen LogP contribution in [0.3, 0.4) is 0 Å². The quantitative estimate of drug-likeness (QED) is 0.463. The molecule has 0 atom stereocenters. The molecule has 0 aliphatic carbocycles. The SMILES string of the molecule is CN(C)CCCCNc1ccc([N+](=O)[O-])cc1C#N. The van der Waals surface area contributed by atoms with Gasteiger partial charge in [0.05, 0.1) is 16.2 Å². The largest absolute Gasteiger partial charge is 0.384 e. The molecule has 0 aliphatic heterocycles. The van der Waals surface area contributed by atoms with E-state index in [0.29, 0.717) is 11.3 Å². The lowest BCUT2D eigenvalue weighted by Gasteiger charge is -2.10. The molecular formula is C13H18N4O2. The number of nitro groups is 1. The Morgan fingerprint density at radius 1 is 1.42 bits per heavy atom. The van der Waals surface area contributed by atoms with E-state index in [2.05, 4.69) is 10.2 Å². The maximum absolute atomic E-state index is 10.6. The minimum atomic E-state index is -0.498. The predicted octanol–water partition coefficient (Wildman–Crippen LogP) is 2.22. The van der Waals surface area contributed by atoms with Crippen molar-refractivity contribution in [2.45, 2.75) is 12.8 Å². The highest BCUT2D eigenvalue weighted by atomic mass is 16.6. The van der Waals surface area contributed by atoms with E-state index < -0.39 is 4.92 Å².